The van der Waals surface area contributed by atoms with Crippen molar-refractivity contribution in [2.45, 2.75) is 19.6 Å². The van der Waals surface area contributed by atoms with Crippen molar-refractivity contribution in [1.82, 2.24) is 0 Å². The number of thioether (sulfide) groups is 1. The van der Waals surface area contributed by atoms with Gasteiger partial charge in [-0.1, -0.05) is 13.8 Å². The Balaban J connectivity index is 1.79. The maximum absolute atomic E-state index is 12.1. The summed E-state index contributed by atoms with van der Waals surface area (Å²) < 4.78 is 10.8. The molecule has 2 rings (SSSR count). The summed E-state index contributed by atoms with van der Waals surface area (Å²) in [5, 5.41) is 0. The van der Waals surface area contributed by atoms with Gasteiger partial charge in [0.25, 0.3) is 0 Å². The predicted octanol–water partition coefficient (Wildman–Crippen LogP) is 4.43. The highest BCUT2D eigenvalue weighted by Gasteiger charge is 2.07. The van der Waals surface area contributed by atoms with Crippen LogP contribution in [0.4, 0.5) is 0 Å². The Labute approximate surface area is 129 Å². The van der Waals surface area contributed by atoms with Crippen molar-refractivity contribution >= 4 is 17.5 Å². The van der Waals surface area contributed by atoms with Crippen LogP contribution < -0.4 is 4.74 Å². The molecular formula is C17H20O3S. The van der Waals surface area contributed by atoms with E-state index in [0.29, 0.717) is 24.0 Å². The maximum Gasteiger partial charge on any atom is 0.172 e. The van der Waals surface area contributed by atoms with Crippen LogP contribution in [-0.2, 0) is 5.75 Å². The van der Waals surface area contributed by atoms with Crippen molar-refractivity contribution in [2.24, 2.45) is 5.92 Å². The van der Waals surface area contributed by atoms with Crippen molar-refractivity contribution in [3.63, 3.8) is 0 Å². The van der Waals surface area contributed by atoms with Gasteiger partial charge >= 0.3 is 0 Å². The van der Waals surface area contributed by atoms with Crippen LogP contribution in [0.3, 0.4) is 0 Å². The van der Waals surface area contributed by atoms with Crippen LogP contribution >= 0.6 is 11.8 Å². The lowest BCUT2D eigenvalue weighted by Crippen LogP contribution is -2.05. The second kappa shape index (κ2) is 7.93. The van der Waals surface area contributed by atoms with Gasteiger partial charge in [0.1, 0.15) is 11.5 Å². The molecule has 3 nitrogen and oxygen atoms in total. The summed E-state index contributed by atoms with van der Waals surface area (Å²) in [5.74, 6) is 3.49. The first-order valence-electron chi connectivity index (χ1n) is 7.01. The highest BCUT2D eigenvalue weighted by molar-refractivity contribution is 7.99. The van der Waals surface area contributed by atoms with Crippen molar-refractivity contribution in [3.8, 4) is 5.75 Å². The number of ketones is 1. The molecule has 0 saturated heterocycles. The van der Waals surface area contributed by atoms with Gasteiger partial charge in [-0.2, -0.15) is 0 Å². The Bertz CT molecular complexity index is 544. The van der Waals surface area contributed by atoms with E-state index >= 15 is 0 Å². The van der Waals surface area contributed by atoms with E-state index in [2.05, 4.69) is 13.8 Å². The fourth-order valence-corrected chi connectivity index (χ4v) is 2.54. The molecule has 0 spiro atoms. The summed E-state index contributed by atoms with van der Waals surface area (Å²) in [4.78, 5) is 12.1. The lowest BCUT2D eigenvalue weighted by molar-refractivity contribution is 0.102. The average Bonchev–Trinajstić information content (AvgIpc) is 2.99. The molecule has 21 heavy (non-hydrogen) atoms. The third kappa shape index (κ3) is 5.31. The number of carbonyl (C=O) groups excluding carboxylic acids is 1. The molecule has 0 atom stereocenters. The van der Waals surface area contributed by atoms with Crippen molar-refractivity contribution in [3.05, 3.63) is 54.0 Å². The zero-order valence-corrected chi connectivity index (χ0v) is 13.2. The predicted molar refractivity (Wildman–Crippen MR) is 86.0 cm³/mol. The molecule has 0 radical (unpaired) electrons. The summed E-state index contributed by atoms with van der Waals surface area (Å²) in [5.41, 5.74) is 0.721. The van der Waals surface area contributed by atoms with E-state index in [0.717, 1.165) is 17.1 Å². The third-order valence-corrected chi connectivity index (χ3v) is 3.77. The molecule has 0 aliphatic rings. The molecular weight excluding hydrogens is 284 g/mol. The molecule has 0 amide bonds. The molecule has 0 unspecified atom stereocenters. The zero-order chi connectivity index (χ0) is 15.1. The summed E-state index contributed by atoms with van der Waals surface area (Å²) >= 11 is 1.56. The molecule has 0 aliphatic heterocycles. The Morgan fingerprint density at radius 1 is 1.24 bits per heavy atom. The standard InChI is InChI=1S/C17H20O3S/c1-13(2)10-20-15-7-5-14(6-8-15)17(18)12-21-11-16-4-3-9-19-16/h3-9,13H,10-12H2,1-2H3. The van der Waals surface area contributed by atoms with Crippen molar-refractivity contribution < 1.29 is 13.9 Å². The SMILES string of the molecule is CC(C)COc1ccc(C(=O)CSCc2ccco2)cc1. The second-order valence-electron chi connectivity index (χ2n) is 5.22. The van der Waals surface area contributed by atoms with Crippen LogP contribution in [0.1, 0.15) is 30.0 Å². The van der Waals surface area contributed by atoms with E-state index in [9.17, 15) is 4.79 Å². The number of ether oxygens (including phenoxy) is 1. The summed E-state index contributed by atoms with van der Waals surface area (Å²) in [6.07, 6.45) is 1.65. The molecule has 1 aromatic heterocycles. The number of carbonyl (C=O) groups is 1. The molecule has 112 valence electrons. The lowest BCUT2D eigenvalue weighted by Gasteiger charge is -2.09. The van der Waals surface area contributed by atoms with E-state index in [1.54, 1.807) is 18.0 Å². The monoisotopic (exact) mass is 304 g/mol. The first-order chi connectivity index (χ1) is 10.1. The molecule has 0 fully saturated rings. The van der Waals surface area contributed by atoms with Crippen LogP contribution in [0, 0.1) is 5.92 Å². The van der Waals surface area contributed by atoms with Crippen molar-refractivity contribution in [2.75, 3.05) is 12.4 Å². The van der Waals surface area contributed by atoms with E-state index in [1.165, 1.54) is 0 Å². The minimum atomic E-state index is 0.127. The Morgan fingerprint density at radius 3 is 2.62 bits per heavy atom. The number of benzene rings is 1. The number of hydrogen-bond donors (Lipinski definition) is 0. The number of rotatable bonds is 8. The van der Waals surface area contributed by atoms with E-state index in [-0.39, 0.29) is 5.78 Å². The maximum atomic E-state index is 12.1. The highest BCUT2D eigenvalue weighted by Crippen LogP contribution is 2.17. The van der Waals surface area contributed by atoms with Crippen LogP contribution in [0.5, 0.6) is 5.75 Å². The molecule has 4 heteroatoms. The number of hydrogen-bond acceptors (Lipinski definition) is 4. The van der Waals surface area contributed by atoms with Gasteiger partial charge < -0.3 is 9.15 Å². The molecule has 0 bridgehead atoms. The molecule has 2 aromatic rings. The average molecular weight is 304 g/mol. The zero-order valence-electron chi connectivity index (χ0n) is 12.4. The van der Waals surface area contributed by atoms with E-state index in [1.807, 2.05) is 36.4 Å². The van der Waals surface area contributed by atoms with Gasteiger partial charge in [0, 0.05) is 5.56 Å². The first kappa shape index (κ1) is 15.7. The van der Waals surface area contributed by atoms with Gasteiger partial charge in [-0.05, 0) is 42.3 Å². The fraction of sp³-hybridized carbons (Fsp3) is 0.353. The minimum Gasteiger partial charge on any atom is -0.493 e. The second-order valence-corrected chi connectivity index (χ2v) is 6.21. The third-order valence-electron chi connectivity index (χ3n) is 2.82. The molecule has 1 aromatic carbocycles. The van der Waals surface area contributed by atoms with Gasteiger partial charge in [0.05, 0.1) is 24.4 Å². The summed E-state index contributed by atoms with van der Waals surface area (Å²) in [6.45, 7) is 4.90. The summed E-state index contributed by atoms with van der Waals surface area (Å²) in [6, 6.07) is 11.1. The normalized spacial score (nSPS) is 10.8. The lowest BCUT2D eigenvalue weighted by atomic mass is 10.1. The van der Waals surface area contributed by atoms with Crippen LogP contribution in [0.15, 0.2) is 47.1 Å². The number of Topliss-reactive ketones (excluding diaryl/α,β-unsaturated/α-hetero) is 1. The topological polar surface area (TPSA) is 39.4 Å². The Morgan fingerprint density at radius 2 is 2.00 bits per heavy atom. The van der Waals surface area contributed by atoms with Gasteiger partial charge in [-0.15, -0.1) is 11.8 Å². The van der Waals surface area contributed by atoms with Crippen LogP contribution in [0.2, 0.25) is 0 Å². The fourth-order valence-electron chi connectivity index (χ4n) is 1.72. The van der Waals surface area contributed by atoms with Crippen LogP contribution in [-0.4, -0.2) is 18.1 Å². The molecule has 0 saturated carbocycles. The first-order valence-corrected chi connectivity index (χ1v) is 8.17. The molecule has 0 N–H and O–H groups in total. The van der Waals surface area contributed by atoms with Gasteiger partial charge in [-0.25, -0.2) is 0 Å². The van der Waals surface area contributed by atoms with Gasteiger partial charge in [0.15, 0.2) is 5.78 Å². The largest absolute Gasteiger partial charge is 0.493 e. The molecule has 0 aliphatic carbocycles. The molecule has 1 heterocycles. The van der Waals surface area contributed by atoms with Gasteiger partial charge in [-0.3, -0.25) is 4.79 Å². The van der Waals surface area contributed by atoms with E-state index in [4.69, 9.17) is 9.15 Å². The highest BCUT2D eigenvalue weighted by atomic mass is 32.2. The summed E-state index contributed by atoms with van der Waals surface area (Å²) in [7, 11) is 0. The quantitative estimate of drug-likeness (QED) is 0.676. The Kier molecular flexibility index (Phi) is 5.93. The Hall–Kier alpha value is -1.68. The minimum absolute atomic E-state index is 0.127. The van der Waals surface area contributed by atoms with Crippen molar-refractivity contribution in [1.29, 1.82) is 0 Å². The number of furan rings is 1. The smallest absolute Gasteiger partial charge is 0.172 e. The van der Waals surface area contributed by atoms with Crippen LogP contribution in [0.25, 0.3) is 0 Å². The van der Waals surface area contributed by atoms with E-state index < -0.39 is 0 Å². The van der Waals surface area contributed by atoms with Gasteiger partial charge in [0.2, 0.25) is 0 Å².